The first kappa shape index (κ1) is 18.3. The van der Waals surface area contributed by atoms with E-state index >= 15 is 0 Å². The number of nitrogens with zero attached hydrogens (tertiary/aromatic N) is 1. The normalized spacial score (nSPS) is 17.3. The van der Waals surface area contributed by atoms with Gasteiger partial charge < -0.3 is 15.0 Å². The number of benzene rings is 1. The lowest BCUT2D eigenvalue weighted by Gasteiger charge is -2.31. The number of halogens is 1. The SMILES string of the molecule is CCOC(=O)C1CCCN(C(=O)C(=O)Nc2cccc(Cl)c2C)C1. The predicted octanol–water partition coefficient (Wildman–Crippen LogP) is 2.39. The average molecular weight is 353 g/mol. The highest BCUT2D eigenvalue weighted by Crippen LogP contribution is 2.23. The maximum atomic E-state index is 12.4. The van der Waals surface area contributed by atoms with E-state index < -0.39 is 11.8 Å². The summed E-state index contributed by atoms with van der Waals surface area (Å²) >= 11 is 6.01. The van der Waals surface area contributed by atoms with Crippen LogP contribution in [0.5, 0.6) is 0 Å². The molecule has 0 aromatic heterocycles. The van der Waals surface area contributed by atoms with Gasteiger partial charge in [-0.15, -0.1) is 0 Å². The molecule has 24 heavy (non-hydrogen) atoms. The number of ether oxygens (including phenoxy) is 1. The third-order valence-electron chi connectivity index (χ3n) is 4.04. The third-order valence-corrected chi connectivity index (χ3v) is 4.45. The Labute approximate surface area is 146 Å². The van der Waals surface area contributed by atoms with Crippen molar-refractivity contribution < 1.29 is 19.1 Å². The lowest BCUT2D eigenvalue weighted by atomic mass is 9.98. The number of piperidine rings is 1. The zero-order chi connectivity index (χ0) is 17.7. The third kappa shape index (κ3) is 4.26. The largest absolute Gasteiger partial charge is 0.466 e. The average Bonchev–Trinajstić information content (AvgIpc) is 2.58. The van der Waals surface area contributed by atoms with Gasteiger partial charge >= 0.3 is 17.8 Å². The summed E-state index contributed by atoms with van der Waals surface area (Å²) in [6, 6.07) is 5.10. The minimum absolute atomic E-state index is 0.208. The lowest BCUT2D eigenvalue weighted by Crippen LogP contribution is -2.47. The molecular weight excluding hydrogens is 332 g/mol. The Bertz CT molecular complexity index is 647. The number of anilines is 1. The number of hydrogen-bond acceptors (Lipinski definition) is 4. The van der Waals surface area contributed by atoms with Gasteiger partial charge in [-0.1, -0.05) is 17.7 Å². The fourth-order valence-electron chi connectivity index (χ4n) is 2.68. The van der Waals surface area contributed by atoms with Crippen molar-refractivity contribution in [2.45, 2.75) is 26.7 Å². The lowest BCUT2D eigenvalue weighted by molar-refractivity contribution is -0.153. The summed E-state index contributed by atoms with van der Waals surface area (Å²) in [4.78, 5) is 37.8. The molecule has 1 N–H and O–H groups in total. The second-order valence-electron chi connectivity index (χ2n) is 5.71. The smallest absolute Gasteiger partial charge is 0.313 e. The highest BCUT2D eigenvalue weighted by Gasteiger charge is 2.32. The van der Waals surface area contributed by atoms with Crippen LogP contribution in [0.4, 0.5) is 5.69 Å². The Hall–Kier alpha value is -2.08. The molecule has 0 saturated carbocycles. The molecule has 0 spiro atoms. The summed E-state index contributed by atoms with van der Waals surface area (Å²) in [5.41, 5.74) is 1.20. The van der Waals surface area contributed by atoms with E-state index in [1.807, 2.05) is 0 Å². The summed E-state index contributed by atoms with van der Waals surface area (Å²) in [6.45, 7) is 4.47. The van der Waals surface area contributed by atoms with E-state index in [0.717, 1.165) is 0 Å². The summed E-state index contributed by atoms with van der Waals surface area (Å²) in [5.74, 6) is -2.07. The molecule has 1 unspecified atom stereocenters. The standard InChI is InChI=1S/C17H21ClN2O4/c1-3-24-17(23)12-6-5-9-20(10-12)16(22)15(21)19-14-8-4-7-13(18)11(14)2/h4,7-8,12H,3,5-6,9-10H2,1-2H3,(H,19,21). The van der Waals surface area contributed by atoms with Gasteiger partial charge in [0.2, 0.25) is 0 Å². The molecule has 0 bridgehead atoms. The van der Waals surface area contributed by atoms with Gasteiger partial charge in [0.1, 0.15) is 0 Å². The Kier molecular flexibility index (Phi) is 6.20. The molecule has 1 heterocycles. The maximum absolute atomic E-state index is 12.4. The van der Waals surface area contributed by atoms with Crippen molar-refractivity contribution in [1.29, 1.82) is 0 Å². The van der Waals surface area contributed by atoms with Crippen LogP contribution in [0.25, 0.3) is 0 Å². The van der Waals surface area contributed by atoms with Crippen molar-refractivity contribution in [1.82, 2.24) is 4.90 Å². The van der Waals surface area contributed by atoms with E-state index in [2.05, 4.69) is 5.32 Å². The Morgan fingerprint density at radius 2 is 2.12 bits per heavy atom. The van der Waals surface area contributed by atoms with Crippen LogP contribution in [0.15, 0.2) is 18.2 Å². The van der Waals surface area contributed by atoms with Crippen LogP contribution in [-0.2, 0) is 19.1 Å². The van der Waals surface area contributed by atoms with Crippen LogP contribution in [0, 0.1) is 12.8 Å². The molecule has 1 aromatic carbocycles. The molecule has 2 amide bonds. The van der Waals surface area contributed by atoms with Crippen molar-refractivity contribution >= 4 is 35.1 Å². The number of carbonyl (C=O) groups is 3. The van der Waals surface area contributed by atoms with Crippen LogP contribution in [0.3, 0.4) is 0 Å². The van der Waals surface area contributed by atoms with Crippen molar-refractivity contribution in [2.24, 2.45) is 5.92 Å². The first-order valence-electron chi connectivity index (χ1n) is 7.96. The van der Waals surface area contributed by atoms with Crippen molar-refractivity contribution in [2.75, 3.05) is 25.0 Å². The topological polar surface area (TPSA) is 75.7 Å². The van der Waals surface area contributed by atoms with Gasteiger partial charge in [-0.3, -0.25) is 14.4 Å². The van der Waals surface area contributed by atoms with E-state index in [1.54, 1.807) is 32.0 Å². The molecule has 1 fully saturated rings. The highest BCUT2D eigenvalue weighted by atomic mass is 35.5. The number of amides is 2. The van der Waals surface area contributed by atoms with Gasteiger partial charge in [-0.05, 0) is 44.4 Å². The van der Waals surface area contributed by atoms with E-state index in [9.17, 15) is 14.4 Å². The van der Waals surface area contributed by atoms with E-state index in [-0.39, 0.29) is 18.4 Å². The Morgan fingerprint density at radius 1 is 1.38 bits per heavy atom. The number of esters is 1. The molecule has 6 nitrogen and oxygen atoms in total. The molecule has 0 radical (unpaired) electrons. The number of hydrogen-bond donors (Lipinski definition) is 1. The second kappa shape index (κ2) is 8.15. The summed E-state index contributed by atoms with van der Waals surface area (Å²) in [5, 5.41) is 3.10. The van der Waals surface area contributed by atoms with E-state index in [1.165, 1.54) is 4.90 Å². The van der Waals surface area contributed by atoms with Gasteiger partial charge in [0.25, 0.3) is 0 Å². The minimum atomic E-state index is -0.732. The zero-order valence-corrected chi connectivity index (χ0v) is 14.6. The summed E-state index contributed by atoms with van der Waals surface area (Å²) < 4.78 is 5.00. The van der Waals surface area contributed by atoms with Crippen molar-refractivity contribution in [3.05, 3.63) is 28.8 Å². The number of carbonyl (C=O) groups excluding carboxylic acids is 3. The van der Waals surface area contributed by atoms with Crippen LogP contribution in [-0.4, -0.2) is 42.4 Å². The van der Waals surface area contributed by atoms with Gasteiger partial charge in [0.15, 0.2) is 0 Å². The van der Waals surface area contributed by atoms with Crippen molar-refractivity contribution in [3.63, 3.8) is 0 Å². The molecule has 1 aliphatic heterocycles. The molecule has 1 saturated heterocycles. The molecule has 1 aromatic rings. The number of likely N-dealkylation sites (tertiary alicyclic amines) is 1. The quantitative estimate of drug-likeness (QED) is 0.669. The second-order valence-corrected chi connectivity index (χ2v) is 6.12. The van der Waals surface area contributed by atoms with Gasteiger partial charge in [0, 0.05) is 23.8 Å². The van der Waals surface area contributed by atoms with E-state index in [0.29, 0.717) is 42.3 Å². The van der Waals surface area contributed by atoms with Gasteiger partial charge in [-0.25, -0.2) is 0 Å². The number of nitrogens with one attached hydrogen (secondary N) is 1. The van der Waals surface area contributed by atoms with Gasteiger partial charge in [0.05, 0.1) is 12.5 Å². The highest BCUT2D eigenvalue weighted by molar-refractivity contribution is 6.40. The van der Waals surface area contributed by atoms with Crippen molar-refractivity contribution in [3.8, 4) is 0 Å². The number of rotatable bonds is 3. The first-order chi connectivity index (χ1) is 11.4. The molecule has 130 valence electrons. The molecule has 0 aliphatic carbocycles. The fourth-order valence-corrected chi connectivity index (χ4v) is 2.85. The monoisotopic (exact) mass is 352 g/mol. The molecular formula is C17H21ClN2O4. The van der Waals surface area contributed by atoms with E-state index in [4.69, 9.17) is 16.3 Å². The summed E-state index contributed by atoms with van der Waals surface area (Å²) in [7, 11) is 0. The van der Waals surface area contributed by atoms with Crippen LogP contribution < -0.4 is 5.32 Å². The Balaban J connectivity index is 2.01. The van der Waals surface area contributed by atoms with Crippen LogP contribution in [0.1, 0.15) is 25.3 Å². The van der Waals surface area contributed by atoms with Gasteiger partial charge in [-0.2, -0.15) is 0 Å². The first-order valence-corrected chi connectivity index (χ1v) is 8.33. The molecule has 2 rings (SSSR count). The minimum Gasteiger partial charge on any atom is -0.466 e. The maximum Gasteiger partial charge on any atom is 0.313 e. The predicted molar refractivity (Wildman–Crippen MR) is 90.8 cm³/mol. The molecule has 7 heteroatoms. The molecule has 1 atom stereocenters. The molecule has 1 aliphatic rings. The summed E-state index contributed by atoms with van der Waals surface area (Å²) in [6.07, 6.45) is 1.33. The fraction of sp³-hybridized carbons (Fsp3) is 0.471. The van der Waals surface area contributed by atoms with Crippen LogP contribution in [0.2, 0.25) is 5.02 Å². The Morgan fingerprint density at radius 3 is 2.83 bits per heavy atom. The zero-order valence-electron chi connectivity index (χ0n) is 13.8. The van der Waals surface area contributed by atoms with Crippen LogP contribution >= 0.6 is 11.6 Å².